The quantitative estimate of drug-likeness (QED) is 0.112. The molecule has 0 radical (unpaired) electrons. The summed E-state index contributed by atoms with van der Waals surface area (Å²) in [6.07, 6.45) is 0. The van der Waals surface area contributed by atoms with Crippen LogP contribution in [0.1, 0.15) is 0 Å². The largest absolute Gasteiger partial charge is 0.309 e. The Bertz CT molecular complexity index is 4420. The lowest BCUT2D eigenvalue weighted by Gasteiger charge is -2.35. The molecule has 0 saturated carbocycles. The van der Waals surface area contributed by atoms with Gasteiger partial charge in [0.05, 0.1) is 43.5 Å². The van der Waals surface area contributed by atoms with Crippen LogP contribution in [-0.2, 0) is 0 Å². The second kappa shape index (κ2) is 15.6. The maximum atomic E-state index is 2.64. The predicted octanol–water partition coefficient (Wildman–Crippen LogP) is 14.7. The molecule has 71 heavy (non-hydrogen) atoms. The van der Waals surface area contributed by atoms with E-state index in [1.165, 1.54) is 112 Å². The van der Waals surface area contributed by atoms with Crippen LogP contribution in [0.2, 0.25) is 0 Å². The Labute approximate surface area is 415 Å². The van der Waals surface area contributed by atoms with Gasteiger partial charge in [0.2, 0.25) is 0 Å². The van der Waals surface area contributed by atoms with Crippen molar-refractivity contribution in [2.24, 2.45) is 0 Å². The van der Waals surface area contributed by atoms with E-state index in [4.69, 9.17) is 0 Å². The Hall–Kier alpha value is -8.74. The van der Waals surface area contributed by atoms with E-state index < -0.39 is 8.07 Å². The number of thiophene rings is 1. The lowest BCUT2D eigenvalue weighted by molar-refractivity contribution is 1.17. The van der Waals surface area contributed by atoms with Crippen molar-refractivity contribution in [3.8, 4) is 17.1 Å². The Morgan fingerprint density at radius 3 is 1.41 bits per heavy atom. The van der Waals surface area contributed by atoms with Gasteiger partial charge >= 0.3 is 0 Å². The summed E-state index contributed by atoms with van der Waals surface area (Å²) in [6.45, 7) is 0. The molecule has 0 aliphatic rings. The van der Waals surface area contributed by atoms with Gasteiger partial charge in [0.15, 0.2) is 8.07 Å². The molecule has 3 nitrogen and oxygen atoms in total. The number of nitrogens with zero attached hydrogens (tertiary/aromatic N) is 3. The third kappa shape index (κ3) is 5.70. The van der Waals surface area contributed by atoms with Gasteiger partial charge in [0.25, 0.3) is 0 Å². The molecule has 0 N–H and O–H groups in total. The fraction of sp³-hybridized carbons (Fsp3) is 0. The van der Waals surface area contributed by atoms with E-state index in [0.717, 1.165) is 11.4 Å². The number of aromatic nitrogens is 3. The average Bonchev–Trinajstić information content (AvgIpc) is 4.19. The smallest absolute Gasteiger partial charge is 0.180 e. The Balaban J connectivity index is 1.22. The molecule has 15 rings (SSSR count). The maximum absolute atomic E-state index is 3.24. The molecule has 0 fully saturated rings. The van der Waals surface area contributed by atoms with Crippen molar-refractivity contribution < 1.29 is 0 Å². The standard InChI is InChI=1S/C66H43N3SSi/c1-5-22-44(23-6-1)68-58-41-40-45(67-55-35-17-13-30-49(55)50-31-14-18-36-56(50)67)42-54(58)64-62(71(46-24-7-2-8-25-46,47-26-9-3-10-27-47)48-28-11-4-12-29-48)43-60-63(65(64)68)53-33-15-19-37-57(53)69(60)59-38-21-34-52-51-32-16-20-39-61(51)70-66(52)59/h1-43H. The summed E-state index contributed by atoms with van der Waals surface area (Å²) in [5, 5.41) is 15.4. The minimum atomic E-state index is -3.24. The van der Waals surface area contributed by atoms with Gasteiger partial charge in [-0.25, -0.2) is 0 Å². The molecular weight excluding hydrogens is 895 g/mol. The van der Waals surface area contributed by atoms with Crippen molar-refractivity contribution in [1.29, 1.82) is 0 Å². The van der Waals surface area contributed by atoms with Crippen LogP contribution >= 0.6 is 11.3 Å². The fourth-order valence-corrected chi connectivity index (χ4v) is 18.5. The van der Waals surface area contributed by atoms with Crippen LogP contribution in [0.3, 0.4) is 0 Å². The van der Waals surface area contributed by atoms with Crippen LogP contribution in [-0.4, -0.2) is 21.8 Å². The SMILES string of the molecule is c1ccc(-n2c3ccc(-n4c5ccccc5c5ccccc54)cc3c3c([Si](c4ccccc4)(c4ccccc4)c4ccccc4)cc4c(c5ccccc5n4-c4cccc5c4sc4ccccc45)c32)cc1. The molecule has 0 saturated heterocycles. The topological polar surface area (TPSA) is 14.8 Å². The van der Waals surface area contributed by atoms with Gasteiger partial charge in [-0.1, -0.05) is 194 Å². The maximum Gasteiger partial charge on any atom is 0.180 e. The molecule has 332 valence electrons. The summed E-state index contributed by atoms with van der Waals surface area (Å²) >= 11 is 1.89. The van der Waals surface area contributed by atoms with Crippen molar-refractivity contribution in [2.45, 2.75) is 0 Å². The van der Waals surface area contributed by atoms with E-state index in [1.54, 1.807) is 0 Å². The first kappa shape index (κ1) is 40.2. The molecule has 0 aliphatic heterocycles. The van der Waals surface area contributed by atoms with E-state index in [1.807, 2.05) is 11.3 Å². The molecule has 0 amide bonds. The first-order valence-electron chi connectivity index (χ1n) is 24.4. The highest BCUT2D eigenvalue weighted by molar-refractivity contribution is 7.26. The molecule has 0 bridgehead atoms. The number of benzene rings is 11. The third-order valence-corrected chi connectivity index (χ3v) is 21.2. The van der Waals surface area contributed by atoms with Gasteiger partial charge in [0.1, 0.15) is 0 Å². The summed E-state index contributed by atoms with van der Waals surface area (Å²) < 4.78 is 10.2. The van der Waals surface area contributed by atoms with Gasteiger partial charge in [0, 0.05) is 59.2 Å². The molecule has 0 atom stereocenters. The van der Waals surface area contributed by atoms with E-state index in [0.29, 0.717) is 0 Å². The predicted molar refractivity (Wildman–Crippen MR) is 306 cm³/mol. The molecular formula is C66H43N3SSi. The Morgan fingerprint density at radius 2 is 0.789 bits per heavy atom. The summed E-state index contributed by atoms with van der Waals surface area (Å²) in [4.78, 5) is 0. The first-order chi connectivity index (χ1) is 35.3. The van der Waals surface area contributed by atoms with Crippen molar-refractivity contribution in [2.75, 3.05) is 0 Å². The van der Waals surface area contributed by atoms with E-state index in [9.17, 15) is 0 Å². The van der Waals surface area contributed by atoms with E-state index in [-0.39, 0.29) is 0 Å². The van der Waals surface area contributed by atoms with E-state index in [2.05, 4.69) is 275 Å². The first-order valence-corrected chi connectivity index (χ1v) is 27.2. The number of rotatable bonds is 7. The second-order valence-electron chi connectivity index (χ2n) is 18.7. The van der Waals surface area contributed by atoms with Gasteiger partial charge < -0.3 is 13.7 Å². The minimum Gasteiger partial charge on any atom is -0.309 e. The highest BCUT2D eigenvalue weighted by atomic mass is 32.1. The lowest BCUT2D eigenvalue weighted by atomic mass is 10.1. The van der Waals surface area contributed by atoms with Crippen LogP contribution in [0.5, 0.6) is 0 Å². The second-order valence-corrected chi connectivity index (χ2v) is 23.6. The van der Waals surface area contributed by atoms with Gasteiger partial charge in [-0.15, -0.1) is 11.3 Å². The summed E-state index contributed by atoms with van der Waals surface area (Å²) in [7, 11) is -3.24. The number of fused-ring (bicyclic) bond motifs is 13. The highest BCUT2D eigenvalue weighted by Gasteiger charge is 2.44. The monoisotopic (exact) mass is 937 g/mol. The van der Waals surface area contributed by atoms with Crippen LogP contribution in [0.4, 0.5) is 0 Å². The van der Waals surface area contributed by atoms with Crippen LogP contribution in [0.25, 0.3) is 103 Å². The number of hydrogen-bond donors (Lipinski definition) is 0. The van der Waals surface area contributed by atoms with Gasteiger partial charge in [-0.2, -0.15) is 0 Å². The Kier molecular flexibility index (Phi) is 8.85. The van der Waals surface area contributed by atoms with Crippen molar-refractivity contribution in [1.82, 2.24) is 13.7 Å². The number of para-hydroxylation sites is 4. The van der Waals surface area contributed by atoms with E-state index >= 15 is 0 Å². The van der Waals surface area contributed by atoms with Crippen LogP contribution < -0.4 is 20.7 Å². The molecule has 15 aromatic rings. The zero-order chi connectivity index (χ0) is 46.6. The lowest BCUT2D eigenvalue weighted by Crippen LogP contribution is -2.74. The average molecular weight is 938 g/mol. The van der Waals surface area contributed by atoms with Gasteiger partial charge in [-0.3, -0.25) is 0 Å². The summed E-state index contributed by atoms with van der Waals surface area (Å²) in [6, 6.07) is 97.9. The zero-order valence-electron chi connectivity index (χ0n) is 38.6. The fourth-order valence-electron chi connectivity index (χ4n) is 12.3. The summed E-state index contributed by atoms with van der Waals surface area (Å²) in [5.41, 5.74) is 10.6. The molecule has 4 heterocycles. The molecule has 4 aromatic heterocycles. The van der Waals surface area contributed by atoms with Crippen molar-refractivity contribution >= 4 is 126 Å². The molecule has 11 aromatic carbocycles. The van der Waals surface area contributed by atoms with Crippen molar-refractivity contribution in [3.05, 3.63) is 261 Å². The Morgan fingerprint density at radius 1 is 0.296 bits per heavy atom. The molecule has 0 aliphatic carbocycles. The van der Waals surface area contributed by atoms with Crippen LogP contribution in [0.15, 0.2) is 261 Å². The summed E-state index contributed by atoms with van der Waals surface area (Å²) in [5.74, 6) is 0. The minimum absolute atomic E-state index is 1.13. The molecule has 0 spiro atoms. The molecule has 0 unspecified atom stereocenters. The normalized spacial score (nSPS) is 12.2. The van der Waals surface area contributed by atoms with Crippen LogP contribution in [0, 0.1) is 0 Å². The number of hydrogen-bond acceptors (Lipinski definition) is 1. The zero-order valence-corrected chi connectivity index (χ0v) is 40.4. The highest BCUT2D eigenvalue weighted by Crippen LogP contribution is 2.46. The third-order valence-electron chi connectivity index (χ3n) is 15.2. The van der Waals surface area contributed by atoms with Gasteiger partial charge in [-0.05, 0) is 87.5 Å². The van der Waals surface area contributed by atoms with Crippen molar-refractivity contribution in [3.63, 3.8) is 0 Å². The molecule has 5 heteroatoms.